The number of aliphatic carboxylic acids is 1. The quantitative estimate of drug-likeness (QED) is 0.589. The van der Waals surface area contributed by atoms with E-state index in [-0.39, 0.29) is 18.4 Å². The first-order valence-electron chi connectivity index (χ1n) is 5.35. The molecule has 0 aromatic heterocycles. The Hall–Kier alpha value is -1.59. The predicted molar refractivity (Wildman–Crippen MR) is 61.3 cm³/mol. The van der Waals surface area contributed by atoms with E-state index in [0.29, 0.717) is 0 Å². The van der Waals surface area contributed by atoms with Gasteiger partial charge >= 0.3 is 12.1 Å². The Kier molecular flexibility index (Phi) is 3.98. The van der Waals surface area contributed by atoms with Crippen molar-refractivity contribution < 1.29 is 23.1 Å². The highest BCUT2D eigenvalue weighted by molar-refractivity contribution is 5.68. The first kappa shape index (κ1) is 14.5. The van der Waals surface area contributed by atoms with Gasteiger partial charge in [-0.05, 0) is 25.1 Å². The summed E-state index contributed by atoms with van der Waals surface area (Å²) in [5.74, 6) is -2.43. The second-order valence-corrected chi connectivity index (χ2v) is 4.32. The molecule has 3 nitrogen and oxygen atoms in total. The summed E-state index contributed by atoms with van der Waals surface area (Å²) < 4.78 is 39.1. The van der Waals surface area contributed by atoms with Crippen molar-refractivity contribution in [1.29, 1.82) is 0 Å². The number of carboxylic acid groups (broad SMARTS) is 1. The lowest BCUT2D eigenvalue weighted by Crippen LogP contribution is -2.34. The van der Waals surface area contributed by atoms with Crippen LogP contribution in [-0.4, -0.2) is 24.0 Å². The van der Waals surface area contributed by atoms with Gasteiger partial charge in [0.2, 0.25) is 0 Å². The molecule has 0 bridgehead atoms. The van der Waals surface area contributed by atoms with Gasteiger partial charge in [0.1, 0.15) is 0 Å². The molecule has 1 aliphatic carbocycles. The fourth-order valence-corrected chi connectivity index (χ4v) is 2.16. The first-order valence-corrected chi connectivity index (χ1v) is 5.35. The number of allylic oxidation sites excluding steroid dienone is 2. The van der Waals surface area contributed by atoms with Crippen LogP contribution in [0.4, 0.5) is 13.2 Å². The van der Waals surface area contributed by atoms with Crippen LogP contribution in [0.3, 0.4) is 0 Å². The second kappa shape index (κ2) is 4.96. The van der Waals surface area contributed by atoms with Crippen molar-refractivity contribution in [3.63, 3.8) is 0 Å². The maximum Gasteiger partial charge on any atom is 0.395 e. The minimum Gasteiger partial charge on any atom is -0.481 e. The molecule has 0 radical (unpaired) electrons. The SMILES string of the molecule is C=C/C(=C\N=C)C(CC(=O)O)C1(C(F)(F)F)CC1. The number of carbonyl (C=O) groups is 1. The molecule has 1 rings (SSSR count). The molecule has 6 heteroatoms. The van der Waals surface area contributed by atoms with Gasteiger partial charge in [-0.2, -0.15) is 13.2 Å². The molecule has 18 heavy (non-hydrogen) atoms. The van der Waals surface area contributed by atoms with Crippen molar-refractivity contribution in [3.05, 3.63) is 24.4 Å². The number of aliphatic imine (C=N–C) groups is 1. The summed E-state index contributed by atoms with van der Waals surface area (Å²) in [5, 5.41) is 8.78. The largest absolute Gasteiger partial charge is 0.481 e. The standard InChI is InChI=1S/C12H14F3NO2/c1-3-8(7-16-2)9(6-10(17)18)11(4-5-11)12(13,14)15/h3,7,9H,1-2,4-6H2,(H,17,18)/b8-7+. The molecule has 1 N–H and O–H groups in total. The van der Waals surface area contributed by atoms with E-state index in [0.717, 1.165) is 6.20 Å². The topological polar surface area (TPSA) is 49.7 Å². The van der Waals surface area contributed by atoms with Gasteiger partial charge in [0, 0.05) is 12.1 Å². The number of halogens is 3. The van der Waals surface area contributed by atoms with Crippen molar-refractivity contribution in [2.24, 2.45) is 16.3 Å². The molecule has 1 fully saturated rings. The summed E-state index contributed by atoms with van der Waals surface area (Å²) in [6.45, 7) is 6.59. The highest BCUT2D eigenvalue weighted by atomic mass is 19.4. The van der Waals surface area contributed by atoms with Crippen LogP contribution < -0.4 is 0 Å². The van der Waals surface area contributed by atoms with E-state index in [9.17, 15) is 18.0 Å². The number of rotatable bonds is 6. The third-order valence-electron chi connectivity index (χ3n) is 3.28. The Bertz CT molecular complexity index is 395. The van der Waals surface area contributed by atoms with E-state index in [1.165, 1.54) is 6.08 Å². The number of alkyl halides is 3. The smallest absolute Gasteiger partial charge is 0.395 e. The highest BCUT2D eigenvalue weighted by Crippen LogP contribution is 2.64. The normalized spacial score (nSPS) is 20.1. The molecule has 1 saturated carbocycles. The van der Waals surface area contributed by atoms with E-state index in [1.807, 2.05) is 0 Å². The van der Waals surface area contributed by atoms with Gasteiger partial charge in [0.05, 0.1) is 11.8 Å². The maximum atomic E-state index is 13.0. The van der Waals surface area contributed by atoms with Gasteiger partial charge in [0.25, 0.3) is 0 Å². The van der Waals surface area contributed by atoms with Gasteiger partial charge in [-0.1, -0.05) is 12.7 Å². The second-order valence-electron chi connectivity index (χ2n) is 4.32. The minimum atomic E-state index is -4.42. The van der Waals surface area contributed by atoms with Crippen LogP contribution in [0.1, 0.15) is 19.3 Å². The third kappa shape index (κ3) is 2.63. The zero-order valence-corrected chi connectivity index (χ0v) is 9.70. The third-order valence-corrected chi connectivity index (χ3v) is 3.28. The summed E-state index contributed by atoms with van der Waals surface area (Å²) in [5.41, 5.74) is -1.78. The number of nitrogens with zero attached hydrogens (tertiary/aromatic N) is 1. The fourth-order valence-electron chi connectivity index (χ4n) is 2.16. The average Bonchev–Trinajstić information content (AvgIpc) is 3.02. The summed E-state index contributed by atoms with van der Waals surface area (Å²) >= 11 is 0. The molecule has 0 aliphatic heterocycles. The van der Waals surface area contributed by atoms with Gasteiger partial charge < -0.3 is 5.11 Å². The molecule has 0 amide bonds. The summed E-state index contributed by atoms with van der Waals surface area (Å²) in [4.78, 5) is 14.2. The van der Waals surface area contributed by atoms with Crippen molar-refractivity contribution in [2.45, 2.75) is 25.4 Å². The molecule has 0 saturated heterocycles. The van der Waals surface area contributed by atoms with Crippen LogP contribution in [0.25, 0.3) is 0 Å². The zero-order valence-electron chi connectivity index (χ0n) is 9.70. The average molecular weight is 261 g/mol. The number of carboxylic acids is 1. The van der Waals surface area contributed by atoms with Gasteiger partial charge in [-0.3, -0.25) is 9.79 Å². The molecule has 0 heterocycles. The van der Waals surface area contributed by atoms with E-state index in [4.69, 9.17) is 5.11 Å². The Morgan fingerprint density at radius 1 is 1.50 bits per heavy atom. The van der Waals surface area contributed by atoms with Crippen LogP contribution in [0, 0.1) is 11.3 Å². The Labute approximate surface area is 103 Å². The van der Waals surface area contributed by atoms with E-state index in [1.54, 1.807) is 0 Å². The molecule has 1 unspecified atom stereocenters. The van der Waals surface area contributed by atoms with Gasteiger partial charge in [-0.25, -0.2) is 0 Å². The zero-order chi connectivity index (χ0) is 14.0. The van der Waals surface area contributed by atoms with Crippen molar-refractivity contribution >= 4 is 12.7 Å². The van der Waals surface area contributed by atoms with Crippen LogP contribution >= 0.6 is 0 Å². The number of hydrogen-bond acceptors (Lipinski definition) is 2. The van der Waals surface area contributed by atoms with Crippen LogP contribution in [-0.2, 0) is 4.79 Å². The molecule has 1 aliphatic rings. The Balaban J connectivity index is 3.14. The van der Waals surface area contributed by atoms with Crippen molar-refractivity contribution in [1.82, 2.24) is 0 Å². The summed E-state index contributed by atoms with van der Waals surface area (Å²) in [7, 11) is 0. The van der Waals surface area contributed by atoms with E-state index < -0.39 is 29.9 Å². The van der Waals surface area contributed by atoms with E-state index >= 15 is 0 Å². The van der Waals surface area contributed by atoms with Crippen molar-refractivity contribution in [3.8, 4) is 0 Å². The predicted octanol–water partition coefficient (Wildman–Crippen LogP) is 3.19. The van der Waals surface area contributed by atoms with Crippen molar-refractivity contribution in [2.75, 3.05) is 0 Å². The van der Waals surface area contributed by atoms with E-state index in [2.05, 4.69) is 18.3 Å². The molecular weight excluding hydrogens is 247 g/mol. The van der Waals surface area contributed by atoms with Crippen LogP contribution in [0.5, 0.6) is 0 Å². The van der Waals surface area contributed by atoms with Gasteiger partial charge in [0.15, 0.2) is 0 Å². The monoisotopic (exact) mass is 261 g/mol. The van der Waals surface area contributed by atoms with Crippen LogP contribution in [0.15, 0.2) is 29.4 Å². The molecule has 0 aromatic rings. The molecular formula is C12H14F3NO2. The summed E-state index contributed by atoms with van der Waals surface area (Å²) in [6.07, 6.45) is -2.77. The molecule has 0 aromatic carbocycles. The molecule has 100 valence electrons. The first-order chi connectivity index (χ1) is 8.28. The lowest BCUT2D eigenvalue weighted by atomic mass is 9.80. The lowest BCUT2D eigenvalue weighted by Gasteiger charge is -2.28. The van der Waals surface area contributed by atoms with Gasteiger partial charge in [-0.15, -0.1) is 0 Å². The minimum absolute atomic E-state index is 0.0588. The number of hydrogen-bond donors (Lipinski definition) is 1. The lowest BCUT2D eigenvalue weighted by molar-refractivity contribution is -0.200. The summed E-state index contributed by atoms with van der Waals surface area (Å²) in [6, 6.07) is 0. The maximum absolute atomic E-state index is 13.0. The molecule has 0 spiro atoms. The highest BCUT2D eigenvalue weighted by Gasteiger charge is 2.67. The Morgan fingerprint density at radius 2 is 2.06 bits per heavy atom. The van der Waals surface area contributed by atoms with Crippen LogP contribution in [0.2, 0.25) is 0 Å². The fraction of sp³-hybridized carbons (Fsp3) is 0.500. The molecule has 1 atom stereocenters. The Morgan fingerprint density at radius 3 is 2.33 bits per heavy atom.